The van der Waals surface area contributed by atoms with Crippen molar-refractivity contribution in [2.24, 2.45) is 0 Å². The number of nitrogens with one attached hydrogen (secondary N) is 1. The van der Waals surface area contributed by atoms with Gasteiger partial charge in [0, 0.05) is 58.4 Å². The zero-order valence-corrected chi connectivity index (χ0v) is 13.9. The predicted octanol–water partition coefficient (Wildman–Crippen LogP) is 0.759. The van der Waals surface area contributed by atoms with Gasteiger partial charge in [0.15, 0.2) is 0 Å². The molecule has 0 radical (unpaired) electrons. The number of rotatable bonds is 2. The molecule has 0 spiro atoms. The number of aromatic nitrogens is 2. The van der Waals surface area contributed by atoms with Crippen LogP contribution in [0.2, 0.25) is 0 Å². The van der Waals surface area contributed by atoms with E-state index in [-0.39, 0.29) is 17.7 Å². The molecule has 0 aliphatic carbocycles. The third-order valence-corrected chi connectivity index (χ3v) is 4.76. The van der Waals surface area contributed by atoms with Crippen molar-refractivity contribution < 1.29 is 9.59 Å². The van der Waals surface area contributed by atoms with E-state index < -0.39 is 0 Å². The van der Waals surface area contributed by atoms with E-state index in [0.29, 0.717) is 19.6 Å². The number of amides is 2. The molecular weight excluding hydrogens is 294 g/mol. The molecule has 3 rings (SSSR count). The molecule has 2 aliphatic heterocycles. The fraction of sp³-hybridized carbons (Fsp3) is 0.625. The Balaban J connectivity index is 1.88. The fourth-order valence-corrected chi connectivity index (χ4v) is 3.35. The third-order valence-electron chi connectivity index (χ3n) is 4.76. The van der Waals surface area contributed by atoms with Crippen LogP contribution in [0.4, 0.5) is 5.82 Å². The lowest BCUT2D eigenvalue weighted by Gasteiger charge is -2.29. The lowest BCUT2D eigenvalue weighted by Crippen LogP contribution is -2.35. The average Bonchev–Trinajstić information content (AvgIpc) is 3.03. The summed E-state index contributed by atoms with van der Waals surface area (Å²) < 4.78 is 0. The van der Waals surface area contributed by atoms with Gasteiger partial charge in [0.05, 0.1) is 12.2 Å². The number of carbonyl (C=O) groups is 2. The Morgan fingerprint density at radius 1 is 1.13 bits per heavy atom. The van der Waals surface area contributed by atoms with Crippen molar-refractivity contribution in [2.75, 3.05) is 32.0 Å². The highest BCUT2D eigenvalue weighted by Crippen LogP contribution is 2.29. The number of carbonyl (C=O) groups excluding carboxylic acids is 2. The maximum atomic E-state index is 11.6. The van der Waals surface area contributed by atoms with Crippen LogP contribution < -0.4 is 5.32 Å². The van der Waals surface area contributed by atoms with E-state index in [1.807, 2.05) is 16.8 Å². The monoisotopic (exact) mass is 317 g/mol. The van der Waals surface area contributed by atoms with E-state index in [4.69, 9.17) is 4.98 Å². The van der Waals surface area contributed by atoms with Crippen molar-refractivity contribution in [3.8, 4) is 0 Å². The normalized spacial score (nSPS) is 20.4. The minimum absolute atomic E-state index is 0.0784. The second kappa shape index (κ2) is 6.14. The van der Waals surface area contributed by atoms with Crippen LogP contribution in [-0.4, -0.2) is 58.3 Å². The molecule has 1 fully saturated rings. The highest BCUT2D eigenvalue weighted by Gasteiger charge is 2.30. The molecule has 1 atom stereocenters. The summed E-state index contributed by atoms with van der Waals surface area (Å²) in [4.78, 5) is 36.2. The molecule has 1 N–H and O–H groups in total. The first kappa shape index (κ1) is 15.7. The summed E-state index contributed by atoms with van der Waals surface area (Å²) >= 11 is 0. The standard InChI is InChI=1S/C16H23N5O2/c1-10(22)20-6-4-12(8-20)15-18-14-5-7-21(11(2)23)9-13(14)16(17-3)19-15/h12H,4-9H2,1-3H3,(H,17,18,19)/t12-/m1/s1. The zero-order valence-electron chi connectivity index (χ0n) is 13.9. The fourth-order valence-electron chi connectivity index (χ4n) is 3.35. The summed E-state index contributed by atoms with van der Waals surface area (Å²) in [6.07, 6.45) is 1.66. The van der Waals surface area contributed by atoms with Crippen LogP contribution in [0.1, 0.15) is 43.3 Å². The van der Waals surface area contributed by atoms with Gasteiger partial charge < -0.3 is 15.1 Å². The number of anilines is 1. The number of fused-ring (bicyclic) bond motifs is 1. The molecule has 23 heavy (non-hydrogen) atoms. The molecule has 2 amide bonds. The zero-order chi connectivity index (χ0) is 16.6. The molecule has 1 saturated heterocycles. The van der Waals surface area contributed by atoms with E-state index >= 15 is 0 Å². The van der Waals surface area contributed by atoms with Gasteiger partial charge in [-0.25, -0.2) is 9.97 Å². The molecule has 3 heterocycles. The van der Waals surface area contributed by atoms with Crippen LogP contribution in [0.5, 0.6) is 0 Å². The number of likely N-dealkylation sites (tertiary alicyclic amines) is 1. The first-order valence-corrected chi connectivity index (χ1v) is 8.08. The molecule has 124 valence electrons. The maximum absolute atomic E-state index is 11.6. The Labute approximate surface area is 136 Å². The lowest BCUT2D eigenvalue weighted by molar-refractivity contribution is -0.130. The molecule has 7 nitrogen and oxygen atoms in total. The van der Waals surface area contributed by atoms with Crippen LogP contribution in [0.15, 0.2) is 0 Å². The Kier molecular flexibility index (Phi) is 4.19. The summed E-state index contributed by atoms with van der Waals surface area (Å²) in [6.45, 7) is 5.92. The van der Waals surface area contributed by atoms with Crippen molar-refractivity contribution >= 4 is 17.6 Å². The molecule has 0 aromatic carbocycles. The Morgan fingerprint density at radius 3 is 2.48 bits per heavy atom. The summed E-state index contributed by atoms with van der Waals surface area (Å²) in [6, 6.07) is 0. The molecule has 2 aliphatic rings. The van der Waals surface area contributed by atoms with E-state index in [0.717, 1.165) is 42.3 Å². The lowest BCUT2D eigenvalue weighted by atomic mass is 10.0. The van der Waals surface area contributed by atoms with E-state index in [1.54, 1.807) is 13.8 Å². The Morgan fingerprint density at radius 2 is 1.87 bits per heavy atom. The Bertz CT molecular complexity index is 628. The third kappa shape index (κ3) is 3.00. The SMILES string of the molecule is CNc1nc([C@@H]2CCN(C(C)=O)C2)nc2c1CN(C(C)=O)CC2. The molecule has 0 unspecified atom stereocenters. The molecular formula is C16H23N5O2. The van der Waals surface area contributed by atoms with Crippen LogP contribution in [-0.2, 0) is 22.6 Å². The minimum atomic E-state index is 0.0784. The van der Waals surface area contributed by atoms with Gasteiger partial charge in [-0.2, -0.15) is 0 Å². The van der Waals surface area contributed by atoms with Crippen LogP contribution >= 0.6 is 0 Å². The Hall–Kier alpha value is -2.18. The second-order valence-electron chi connectivity index (χ2n) is 6.25. The van der Waals surface area contributed by atoms with Gasteiger partial charge in [-0.05, 0) is 6.42 Å². The van der Waals surface area contributed by atoms with Gasteiger partial charge in [0.2, 0.25) is 11.8 Å². The predicted molar refractivity (Wildman–Crippen MR) is 86.0 cm³/mol. The highest BCUT2D eigenvalue weighted by atomic mass is 16.2. The van der Waals surface area contributed by atoms with Gasteiger partial charge in [0.1, 0.15) is 11.6 Å². The molecule has 7 heteroatoms. The van der Waals surface area contributed by atoms with E-state index in [2.05, 4.69) is 10.3 Å². The van der Waals surface area contributed by atoms with Crippen molar-refractivity contribution in [1.29, 1.82) is 0 Å². The average molecular weight is 317 g/mol. The van der Waals surface area contributed by atoms with Gasteiger partial charge in [-0.1, -0.05) is 0 Å². The molecule has 1 aromatic rings. The van der Waals surface area contributed by atoms with Crippen LogP contribution in [0.3, 0.4) is 0 Å². The number of hydrogen-bond acceptors (Lipinski definition) is 5. The van der Waals surface area contributed by atoms with Crippen LogP contribution in [0, 0.1) is 0 Å². The van der Waals surface area contributed by atoms with E-state index in [1.165, 1.54) is 0 Å². The molecule has 0 saturated carbocycles. The van der Waals surface area contributed by atoms with Crippen LogP contribution in [0.25, 0.3) is 0 Å². The van der Waals surface area contributed by atoms with Gasteiger partial charge in [-0.15, -0.1) is 0 Å². The van der Waals surface area contributed by atoms with Gasteiger partial charge in [-0.3, -0.25) is 9.59 Å². The van der Waals surface area contributed by atoms with Gasteiger partial charge >= 0.3 is 0 Å². The van der Waals surface area contributed by atoms with Crippen molar-refractivity contribution in [3.63, 3.8) is 0 Å². The minimum Gasteiger partial charge on any atom is -0.373 e. The quantitative estimate of drug-likeness (QED) is 0.871. The van der Waals surface area contributed by atoms with Crippen molar-refractivity contribution in [1.82, 2.24) is 19.8 Å². The summed E-state index contributed by atoms with van der Waals surface area (Å²) in [5.41, 5.74) is 2.04. The van der Waals surface area contributed by atoms with Crippen molar-refractivity contribution in [3.05, 3.63) is 17.1 Å². The summed E-state index contributed by atoms with van der Waals surface area (Å²) in [5, 5.41) is 3.14. The van der Waals surface area contributed by atoms with Gasteiger partial charge in [0.25, 0.3) is 0 Å². The highest BCUT2D eigenvalue weighted by molar-refractivity contribution is 5.74. The topological polar surface area (TPSA) is 78.4 Å². The first-order valence-electron chi connectivity index (χ1n) is 8.08. The summed E-state index contributed by atoms with van der Waals surface area (Å²) in [7, 11) is 1.84. The largest absolute Gasteiger partial charge is 0.373 e. The summed E-state index contributed by atoms with van der Waals surface area (Å²) in [5.74, 6) is 2.00. The molecule has 0 bridgehead atoms. The smallest absolute Gasteiger partial charge is 0.219 e. The maximum Gasteiger partial charge on any atom is 0.219 e. The first-order chi connectivity index (χ1) is 11.0. The van der Waals surface area contributed by atoms with Crippen molar-refractivity contribution in [2.45, 2.75) is 39.2 Å². The second-order valence-corrected chi connectivity index (χ2v) is 6.25. The number of hydrogen-bond donors (Lipinski definition) is 1. The molecule has 1 aromatic heterocycles. The number of nitrogens with zero attached hydrogens (tertiary/aromatic N) is 4. The van der Waals surface area contributed by atoms with E-state index in [9.17, 15) is 9.59 Å².